The number of benzene rings is 1. The molecule has 0 aliphatic rings. The van der Waals surface area contributed by atoms with Crippen LogP contribution in [-0.4, -0.2) is 51.9 Å². The van der Waals surface area contributed by atoms with Gasteiger partial charge < -0.3 is 10.5 Å². The zero-order valence-corrected chi connectivity index (χ0v) is 13.9. The Balaban J connectivity index is 2.74. The minimum absolute atomic E-state index is 0.100. The molecule has 1 rings (SSSR count). The number of rotatable bonds is 9. The van der Waals surface area contributed by atoms with E-state index in [9.17, 15) is 8.42 Å². The average Bonchev–Trinajstić information content (AvgIpc) is 2.47. The van der Waals surface area contributed by atoms with Crippen molar-refractivity contribution < 1.29 is 13.2 Å². The molecule has 6 heteroatoms. The van der Waals surface area contributed by atoms with Gasteiger partial charge in [0.2, 0.25) is 0 Å². The van der Waals surface area contributed by atoms with Crippen LogP contribution in [0.5, 0.6) is 0 Å². The summed E-state index contributed by atoms with van der Waals surface area (Å²) in [5.74, 6) is 0.100. The molecule has 21 heavy (non-hydrogen) atoms. The molecule has 0 saturated carbocycles. The molecule has 0 saturated heterocycles. The van der Waals surface area contributed by atoms with Crippen LogP contribution in [-0.2, 0) is 21.1 Å². The maximum Gasteiger partial charge on any atom is 0.179 e. The molecule has 0 aliphatic carbocycles. The molecule has 0 amide bonds. The van der Waals surface area contributed by atoms with Gasteiger partial charge in [0.15, 0.2) is 9.84 Å². The van der Waals surface area contributed by atoms with Gasteiger partial charge in [0.1, 0.15) is 0 Å². The summed E-state index contributed by atoms with van der Waals surface area (Å²) in [7, 11) is -1.64. The number of ether oxygens (including phenoxy) is 1. The van der Waals surface area contributed by atoms with Crippen molar-refractivity contribution in [3.8, 4) is 0 Å². The number of hydrogen-bond acceptors (Lipinski definition) is 5. The minimum Gasteiger partial charge on any atom is -0.383 e. The molecule has 0 radical (unpaired) electrons. The van der Waals surface area contributed by atoms with E-state index >= 15 is 0 Å². The van der Waals surface area contributed by atoms with Gasteiger partial charge in [0.05, 0.1) is 17.3 Å². The van der Waals surface area contributed by atoms with Crippen molar-refractivity contribution in [2.45, 2.75) is 31.3 Å². The number of nitrogens with two attached hydrogens (primary N) is 1. The van der Waals surface area contributed by atoms with Crippen molar-refractivity contribution in [3.05, 3.63) is 29.8 Å². The Morgan fingerprint density at radius 2 is 2.00 bits per heavy atom. The Kier molecular flexibility index (Phi) is 7.31. The lowest BCUT2D eigenvalue weighted by Crippen LogP contribution is -2.37. The summed E-state index contributed by atoms with van der Waals surface area (Å²) < 4.78 is 29.9. The maximum atomic E-state index is 12.4. The fourth-order valence-corrected chi connectivity index (χ4v) is 3.39. The van der Waals surface area contributed by atoms with E-state index in [2.05, 4.69) is 18.7 Å². The number of sulfone groups is 1. The molecule has 0 spiro atoms. The molecule has 0 unspecified atom stereocenters. The minimum atomic E-state index is -3.28. The van der Waals surface area contributed by atoms with Crippen LogP contribution < -0.4 is 5.73 Å². The molecule has 1 aromatic rings. The fraction of sp³-hybridized carbons (Fsp3) is 0.600. The van der Waals surface area contributed by atoms with Crippen molar-refractivity contribution in [1.82, 2.24) is 4.90 Å². The molecule has 120 valence electrons. The summed E-state index contributed by atoms with van der Waals surface area (Å²) in [6.45, 7) is 6.27. The molecule has 1 aromatic carbocycles. The van der Waals surface area contributed by atoms with Crippen molar-refractivity contribution in [1.29, 1.82) is 0 Å². The second-order valence-electron chi connectivity index (χ2n) is 5.29. The first-order valence-corrected chi connectivity index (χ1v) is 8.80. The first-order valence-electron chi connectivity index (χ1n) is 7.15. The van der Waals surface area contributed by atoms with E-state index in [0.717, 1.165) is 12.1 Å². The smallest absolute Gasteiger partial charge is 0.179 e. The zero-order chi connectivity index (χ0) is 15.9. The van der Waals surface area contributed by atoms with E-state index in [1.54, 1.807) is 25.3 Å². The first-order chi connectivity index (χ1) is 9.90. The summed E-state index contributed by atoms with van der Waals surface area (Å²) in [5.41, 5.74) is 6.39. The zero-order valence-electron chi connectivity index (χ0n) is 13.1. The van der Waals surface area contributed by atoms with Gasteiger partial charge >= 0.3 is 0 Å². The molecule has 2 N–H and O–H groups in total. The van der Waals surface area contributed by atoms with Crippen LogP contribution in [0.1, 0.15) is 19.4 Å². The monoisotopic (exact) mass is 314 g/mol. The number of nitrogens with zero attached hydrogens (tertiary/aromatic N) is 1. The molecule has 0 bridgehead atoms. The van der Waals surface area contributed by atoms with Crippen molar-refractivity contribution in [2.75, 3.05) is 32.6 Å². The lowest BCUT2D eigenvalue weighted by Gasteiger charge is -2.25. The highest BCUT2D eigenvalue weighted by molar-refractivity contribution is 7.91. The Labute approximate surface area is 128 Å². The normalized spacial score (nSPS) is 12.3. The predicted octanol–water partition coefficient (Wildman–Crippen LogP) is 1.28. The average molecular weight is 314 g/mol. The lowest BCUT2D eigenvalue weighted by atomic mass is 10.2. The van der Waals surface area contributed by atoms with Gasteiger partial charge in [-0.2, -0.15) is 0 Å². The number of methoxy groups -OCH3 is 1. The summed E-state index contributed by atoms with van der Waals surface area (Å²) in [6.07, 6.45) is 0. The van der Waals surface area contributed by atoms with Crippen LogP contribution in [0.3, 0.4) is 0 Å². The van der Waals surface area contributed by atoms with E-state index in [4.69, 9.17) is 10.5 Å². The van der Waals surface area contributed by atoms with Gasteiger partial charge in [0.25, 0.3) is 0 Å². The fourth-order valence-electron chi connectivity index (χ4n) is 2.06. The molecule has 0 aliphatic heterocycles. The standard InChI is InChI=1S/C15H26N2O3S/c1-13(2)17(7-9-20-3)8-10-21(18,19)15-6-4-5-14(11-15)12-16/h4-6,11,13H,7-10,12,16H2,1-3H3. The highest BCUT2D eigenvalue weighted by Gasteiger charge is 2.18. The first kappa shape index (κ1) is 18.1. The third-order valence-corrected chi connectivity index (χ3v) is 5.15. The van der Waals surface area contributed by atoms with E-state index in [-0.39, 0.29) is 11.8 Å². The molecule has 0 fully saturated rings. The molecule has 0 aromatic heterocycles. The molecule has 5 nitrogen and oxygen atoms in total. The summed E-state index contributed by atoms with van der Waals surface area (Å²) in [5, 5.41) is 0. The molecule has 0 heterocycles. The van der Waals surface area contributed by atoms with Crippen molar-refractivity contribution >= 4 is 9.84 Å². The quantitative estimate of drug-likeness (QED) is 0.743. The lowest BCUT2D eigenvalue weighted by molar-refractivity contribution is 0.134. The van der Waals surface area contributed by atoms with E-state index < -0.39 is 9.84 Å². The van der Waals surface area contributed by atoms with Gasteiger partial charge in [-0.3, -0.25) is 4.90 Å². The van der Waals surface area contributed by atoms with E-state index in [1.807, 2.05) is 6.07 Å². The van der Waals surface area contributed by atoms with E-state index in [1.165, 1.54) is 0 Å². The Morgan fingerprint density at radius 3 is 2.57 bits per heavy atom. The van der Waals surface area contributed by atoms with Gasteiger partial charge in [-0.05, 0) is 31.5 Å². The SMILES string of the molecule is COCCN(CCS(=O)(=O)c1cccc(CN)c1)C(C)C. The van der Waals surface area contributed by atoms with Gasteiger partial charge in [-0.1, -0.05) is 12.1 Å². The topological polar surface area (TPSA) is 72.6 Å². The maximum absolute atomic E-state index is 12.4. The van der Waals surface area contributed by atoms with Crippen molar-refractivity contribution in [3.63, 3.8) is 0 Å². The largest absolute Gasteiger partial charge is 0.383 e. The van der Waals surface area contributed by atoms with Crippen LogP contribution in [0.4, 0.5) is 0 Å². The van der Waals surface area contributed by atoms with Crippen LogP contribution in [0, 0.1) is 0 Å². The second-order valence-corrected chi connectivity index (χ2v) is 7.40. The molecular weight excluding hydrogens is 288 g/mol. The highest BCUT2D eigenvalue weighted by atomic mass is 32.2. The van der Waals surface area contributed by atoms with Gasteiger partial charge in [-0.15, -0.1) is 0 Å². The van der Waals surface area contributed by atoms with Gasteiger partial charge in [0, 0.05) is 32.8 Å². The van der Waals surface area contributed by atoms with Gasteiger partial charge in [-0.25, -0.2) is 8.42 Å². The summed E-state index contributed by atoms with van der Waals surface area (Å²) >= 11 is 0. The Hall–Kier alpha value is -0.950. The van der Waals surface area contributed by atoms with Crippen molar-refractivity contribution in [2.24, 2.45) is 5.73 Å². The van der Waals surface area contributed by atoms with Crippen LogP contribution in [0.2, 0.25) is 0 Å². The third-order valence-electron chi connectivity index (χ3n) is 3.45. The Morgan fingerprint density at radius 1 is 1.29 bits per heavy atom. The summed E-state index contributed by atoms with van der Waals surface area (Å²) in [4.78, 5) is 2.45. The second kappa shape index (κ2) is 8.48. The van der Waals surface area contributed by atoms with Crippen LogP contribution in [0.15, 0.2) is 29.2 Å². The van der Waals surface area contributed by atoms with Crippen LogP contribution in [0.25, 0.3) is 0 Å². The Bertz CT molecular complexity index is 529. The molecule has 0 atom stereocenters. The summed E-state index contributed by atoms with van der Waals surface area (Å²) in [6, 6.07) is 7.14. The highest BCUT2D eigenvalue weighted by Crippen LogP contribution is 2.14. The third kappa shape index (κ3) is 5.74. The molecular formula is C15H26N2O3S. The number of hydrogen-bond donors (Lipinski definition) is 1. The van der Waals surface area contributed by atoms with Crippen LogP contribution >= 0.6 is 0 Å². The predicted molar refractivity (Wildman–Crippen MR) is 85.0 cm³/mol. The van der Waals surface area contributed by atoms with E-state index in [0.29, 0.717) is 24.6 Å².